The summed E-state index contributed by atoms with van der Waals surface area (Å²) in [6.07, 6.45) is 4.61. The van der Waals surface area contributed by atoms with Gasteiger partial charge in [0.15, 0.2) is 0 Å². The number of ether oxygens (including phenoxy) is 1. The third kappa shape index (κ3) is 4.82. The minimum absolute atomic E-state index is 0.0174. The highest BCUT2D eigenvalue weighted by molar-refractivity contribution is 7.18. The fourth-order valence-electron chi connectivity index (χ4n) is 4.75. The molecule has 3 aromatic rings. The Balaban J connectivity index is 1.17. The van der Waals surface area contributed by atoms with E-state index in [1.54, 1.807) is 17.7 Å². The van der Waals surface area contributed by atoms with E-state index in [9.17, 15) is 9.59 Å². The second-order valence-corrected chi connectivity index (χ2v) is 10.2. The smallest absolute Gasteiger partial charge is 0.262 e. The van der Waals surface area contributed by atoms with E-state index in [1.807, 2.05) is 35.2 Å². The summed E-state index contributed by atoms with van der Waals surface area (Å²) in [6, 6.07) is 9.81. The van der Waals surface area contributed by atoms with Crippen molar-refractivity contribution >= 4 is 27.5 Å². The van der Waals surface area contributed by atoms with Gasteiger partial charge in [0, 0.05) is 37.6 Å². The first-order valence-corrected chi connectivity index (χ1v) is 12.6. The van der Waals surface area contributed by atoms with Crippen LogP contribution in [-0.2, 0) is 24.2 Å². The Morgan fingerprint density at radius 2 is 1.97 bits per heavy atom. The molecule has 1 aliphatic heterocycles. The van der Waals surface area contributed by atoms with Crippen molar-refractivity contribution in [1.29, 1.82) is 0 Å². The van der Waals surface area contributed by atoms with E-state index in [0.717, 1.165) is 54.9 Å². The Morgan fingerprint density at radius 1 is 1.18 bits per heavy atom. The summed E-state index contributed by atoms with van der Waals surface area (Å²) in [6.45, 7) is 6.73. The maximum atomic E-state index is 13.2. The number of nitrogens with zero attached hydrogens (tertiary/aromatic N) is 4. The third-order valence-corrected chi connectivity index (χ3v) is 7.89. The molecule has 8 heteroatoms. The van der Waals surface area contributed by atoms with Crippen molar-refractivity contribution in [2.45, 2.75) is 32.7 Å². The Kier molecular flexibility index (Phi) is 6.46. The summed E-state index contributed by atoms with van der Waals surface area (Å²) < 4.78 is 7.28. The van der Waals surface area contributed by atoms with Gasteiger partial charge in [0.1, 0.15) is 23.7 Å². The van der Waals surface area contributed by atoms with Crippen LogP contribution in [0.25, 0.3) is 10.2 Å². The van der Waals surface area contributed by atoms with Crippen molar-refractivity contribution in [3.8, 4) is 5.75 Å². The van der Waals surface area contributed by atoms with Gasteiger partial charge in [-0.15, -0.1) is 11.3 Å². The number of para-hydroxylation sites is 1. The lowest BCUT2D eigenvalue weighted by Gasteiger charge is -2.34. The quantitative estimate of drug-likeness (QED) is 0.559. The minimum atomic E-state index is -0.0721. The minimum Gasteiger partial charge on any atom is -0.492 e. The average molecular weight is 467 g/mol. The molecule has 3 heterocycles. The van der Waals surface area contributed by atoms with E-state index in [2.05, 4.69) is 16.8 Å². The number of hydrogen-bond acceptors (Lipinski definition) is 6. The van der Waals surface area contributed by atoms with Gasteiger partial charge in [-0.2, -0.15) is 0 Å². The molecule has 1 unspecified atom stereocenters. The van der Waals surface area contributed by atoms with Crippen LogP contribution in [0.2, 0.25) is 0 Å². The number of thiophene rings is 1. The Bertz CT molecular complexity index is 1180. The molecule has 0 saturated carbocycles. The number of benzene rings is 1. The lowest BCUT2D eigenvalue weighted by Crippen LogP contribution is -2.50. The normalized spacial score (nSPS) is 18.9. The highest BCUT2D eigenvalue weighted by Gasteiger charge is 2.25. The number of aromatic nitrogens is 2. The summed E-state index contributed by atoms with van der Waals surface area (Å²) in [5.41, 5.74) is 1.09. The summed E-state index contributed by atoms with van der Waals surface area (Å²) in [7, 11) is 0. The predicted octanol–water partition coefficient (Wildman–Crippen LogP) is 2.81. The van der Waals surface area contributed by atoms with Crippen LogP contribution in [0.5, 0.6) is 5.75 Å². The topological polar surface area (TPSA) is 67.7 Å². The van der Waals surface area contributed by atoms with E-state index in [1.165, 1.54) is 15.0 Å². The molecule has 7 nitrogen and oxygen atoms in total. The Hall–Kier alpha value is -2.71. The molecule has 1 aromatic carbocycles. The second-order valence-electron chi connectivity index (χ2n) is 9.09. The third-order valence-electron chi connectivity index (χ3n) is 6.73. The molecule has 1 fully saturated rings. The second kappa shape index (κ2) is 9.65. The van der Waals surface area contributed by atoms with E-state index in [4.69, 9.17) is 4.74 Å². The van der Waals surface area contributed by atoms with Gasteiger partial charge in [-0.25, -0.2) is 4.98 Å². The van der Waals surface area contributed by atoms with Crippen molar-refractivity contribution in [2.75, 3.05) is 39.3 Å². The molecule has 0 spiro atoms. The van der Waals surface area contributed by atoms with Crippen molar-refractivity contribution in [3.05, 3.63) is 57.5 Å². The highest BCUT2D eigenvalue weighted by Crippen LogP contribution is 2.35. The molecule has 1 aliphatic carbocycles. The molecule has 1 amide bonds. The van der Waals surface area contributed by atoms with Crippen LogP contribution in [0.15, 0.2) is 41.5 Å². The molecule has 0 radical (unpaired) electrons. The van der Waals surface area contributed by atoms with Crippen molar-refractivity contribution in [3.63, 3.8) is 0 Å². The lowest BCUT2D eigenvalue weighted by molar-refractivity contribution is -0.133. The van der Waals surface area contributed by atoms with E-state index in [-0.39, 0.29) is 18.0 Å². The van der Waals surface area contributed by atoms with Crippen molar-refractivity contribution < 1.29 is 9.53 Å². The fraction of sp³-hybridized carbons (Fsp3) is 0.480. The number of amides is 1. The van der Waals surface area contributed by atoms with Crippen LogP contribution < -0.4 is 10.3 Å². The summed E-state index contributed by atoms with van der Waals surface area (Å²) in [5.74, 6) is 1.51. The average Bonchev–Trinajstić information content (AvgIpc) is 3.20. The number of hydrogen-bond donors (Lipinski definition) is 0. The molecule has 2 aliphatic rings. The van der Waals surface area contributed by atoms with Crippen LogP contribution in [0.1, 0.15) is 23.8 Å². The number of aryl methyl sites for hydroxylation is 1. The maximum Gasteiger partial charge on any atom is 0.262 e. The van der Waals surface area contributed by atoms with Gasteiger partial charge >= 0.3 is 0 Å². The van der Waals surface area contributed by atoms with E-state index in [0.29, 0.717) is 25.6 Å². The van der Waals surface area contributed by atoms with Gasteiger partial charge in [-0.1, -0.05) is 25.1 Å². The molecule has 174 valence electrons. The fourth-order valence-corrected chi connectivity index (χ4v) is 6.10. The molecule has 33 heavy (non-hydrogen) atoms. The van der Waals surface area contributed by atoms with E-state index < -0.39 is 0 Å². The summed E-state index contributed by atoms with van der Waals surface area (Å²) in [4.78, 5) is 36.9. The lowest BCUT2D eigenvalue weighted by atomic mass is 9.89. The van der Waals surface area contributed by atoms with Gasteiger partial charge in [0.25, 0.3) is 5.56 Å². The van der Waals surface area contributed by atoms with Gasteiger partial charge < -0.3 is 9.64 Å². The zero-order chi connectivity index (χ0) is 22.8. The number of fused-ring (bicyclic) bond motifs is 3. The van der Waals surface area contributed by atoms with Crippen molar-refractivity contribution in [2.24, 2.45) is 5.92 Å². The van der Waals surface area contributed by atoms with Crippen LogP contribution in [0.3, 0.4) is 0 Å². The monoisotopic (exact) mass is 466 g/mol. The first-order valence-electron chi connectivity index (χ1n) is 11.8. The van der Waals surface area contributed by atoms with E-state index >= 15 is 0 Å². The van der Waals surface area contributed by atoms with Crippen LogP contribution >= 0.6 is 11.3 Å². The van der Waals surface area contributed by atoms with Gasteiger partial charge in [0.05, 0.1) is 11.7 Å². The van der Waals surface area contributed by atoms with Gasteiger partial charge in [-0.3, -0.25) is 19.1 Å². The number of carbonyl (C=O) groups excluding carboxylic acids is 1. The van der Waals surface area contributed by atoms with Crippen molar-refractivity contribution in [1.82, 2.24) is 19.4 Å². The van der Waals surface area contributed by atoms with Gasteiger partial charge in [0.2, 0.25) is 5.91 Å². The molecule has 0 bridgehead atoms. The number of piperazine rings is 1. The molecule has 1 saturated heterocycles. The first-order chi connectivity index (χ1) is 16.1. The zero-order valence-electron chi connectivity index (χ0n) is 19.0. The standard InChI is InChI=1S/C25H30N4O3S/c1-18-7-8-20-21(15-18)33-24-23(20)25(31)29(17-26-24)16-22(30)28-11-9-27(10-12-28)13-14-32-19-5-3-2-4-6-19/h2-6,17-18H,7-16H2,1H3. The molecule has 2 aromatic heterocycles. The van der Waals surface area contributed by atoms with Crippen LogP contribution in [0, 0.1) is 5.92 Å². The molecule has 1 atom stereocenters. The number of rotatable bonds is 6. The molecule has 5 rings (SSSR count). The Labute approximate surface area is 197 Å². The molecule has 0 N–H and O–H groups in total. The molecular formula is C25H30N4O3S. The zero-order valence-corrected chi connectivity index (χ0v) is 19.9. The summed E-state index contributed by atoms with van der Waals surface area (Å²) >= 11 is 1.64. The largest absolute Gasteiger partial charge is 0.492 e. The van der Waals surface area contributed by atoms with Crippen LogP contribution in [0.4, 0.5) is 0 Å². The first kappa shape index (κ1) is 22.1. The maximum absolute atomic E-state index is 13.2. The number of carbonyl (C=O) groups is 1. The summed E-state index contributed by atoms with van der Waals surface area (Å²) in [5, 5.41) is 0.737. The van der Waals surface area contributed by atoms with Gasteiger partial charge in [-0.05, 0) is 42.9 Å². The highest BCUT2D eigenvalue weighted by atomic mass is 32.1. The SMILES string of the molecule is CC1CCc2c(sc3ncn(CC(=O)N4CCN(CCOc5ccccc5)CC4)c(=O)c23)C1. The Morgan fingerprint density at radius 3 is 2.76 bits per heavy atom. The predicted molar refractivity (Wildman–Crippen MR) is 130 cm³/mol. The molecular weight excluding hydrogens is 436 g/mol. The van der Waals surface area contributed by atoms with Crippen LogP contribution in [-0.4, -0.2) is 64.6 Å².